The highest BCUT2D eigenvalue weighted by molar-refractivity contribution is 7.14. The molecule has 3 aromatic rings. The van der Waals surface area contributed by atoms with E-state index < -0.39 is 0 Å². The zero-order valence-corrected chi connectivity index (χ0v) is 20.2. The van der Waals surface area contributed by atoms with Crippen LogP contribution in [0.25, 0.3) is 11.3 Å². The van der Waals surface area contributed by atoms with Gasteiger partial charge in [-0.05, 0) is 73.1 Å². The zero-order chi connectivity index (χ0) is 22.6. The number of ether oxygens (including phenoxy) is 1. The van der Waals surface area contributed by atoms with Gasteiger partial charge in [0.05, 0.1) is 12.3 Å². The molecule has 0 bridgehead atoms. The second-order valence-electron chi connectivity index (χ2n) is 9.06. The fourth-order valence-electron chi connectivity index (χ4n) is 3.35. The minimum absolute atomic E-state index is 0.0376. The van der Waals surface area contributed by atoms with E-state index in [4.69, 9.17) is 4.74 Å². The van der Waals surface area contributed by atoms with Crippen molar-refractivity contribution < 1.29 is 9.53 Å². The average Bonchev–Trinajstić information content (AvgIpc) is 3.16. The summed E-state index contributed by atoms with van der Waals surface area (Å²) in [7, 11) is 0. The summed E-state index contributed by atoms with van der Waals surface area (Å²) < 4.78 is 5.78. The topological polar surface area (TPSA) is 51.2 Å². The fraction of sp³-hybridized carbons (Fsp3) is 0.385. The van der Waals surface area contributed by atoms with Gasteiger partial charge in [0, 0.05) is 17.4 Å². The van der Waals surface area contributed by atoms with Gasteiger partial charge in [-0.2, -0.15) is 0 Å². The van der Waals surface area contributed by atoms with Crippen molar-refractivity contribution in [3.63, 3.8) is 0 Å². The molecule has 3 rings (SSSR count). The summed E-state index contributed by atoms with van der Waals surface area (Å²) in [6, 6.07) is 12.5. The number of aromatic nitrogens is 1. The molecular formula is C26H32N2O2S. The van der Waals surface area contributed by atoms with Crippen LogP contribution in [0.5, 0.6) is 5.75 Å². The summed E-state index contributed by atoms with van der Waals surface area (Å²) in [6.45, 7) is 13.4. The molecule has 31 heavy (non-hydrogen) atoms. The molecule has 1 amide bonds. The number of nitrogens with zero attached hydrogens (tertiary/aromatic N) is 1. The predicted octanol–water partition coefficient (Wildman–Crippen LogP) is 6.83. The lowest BCUT2D eigenvalue weighted by atomic mass is 9.87. The Balaban J connectivity index is 1.47. The van der Waals surface area contributed by atoms with E-state index in [1.54, 1.807) is 0 Å². The van der Waals surface area contributed by atoms with Gasteiger partial charge in [-0.1, -0.05) is 39.0 Å². The number of carbonyl (C=O) groups is 1. The molecule has 0 saturated heterocycles. The molecule has 1 heterocycles. The molecule has 5 heteroatoms. The molecule has 1 N–H and O–H groups in total. The van der Waals surface area contributed by atoms with E-state index in [0.717, 1.165) is 17.0 Å². The molecule has 0 aliphatic heterocycles. The number of carbonyl (C=O) groups excluding carboxylic acids is 1. The lowest BCUT2D eigenvalue weighted by molar-refractivity contribution is -0.116. The summed E-state index contributed by atoms with van der Waals surface area (Å²) in [5.74, 6) is 0.797. The van der Waals surface area contributed by atoms with Gasteiger partial charge >= 0.3 is 0 Å². The van der Waals surface area contributed by atoms with Crippen molar-refractivity contribution in [3.05, 3.63) is 64.0 Å². The van der Waals surface area contributed by atoms with Crippen LogP contribution in [-0.2, 0) is 10.2 Å². The minimum Gasteiger partial charge on any atom is -0.494 e. The van der Waals surface area contributed by atoms with Crippen molar-refractivity contribution >= 4 is 22.4 Å². The Morgan fingerprint density at radius 3 is 2.39 bits per heavy atom. The molecular weight excluding hydrogens is 404 g/mol. The maximum atomic E-state index is 12.3. The van der Waals surface area contributed by atoms with Gasteiger partial charge in [-0.15, -0.1) is 11.3 Å². The highest BCUT2D eigenvalue weighted by Gasteiger charge is 2.13. The first-order valence-electron chi connectivity index (χ1n) is 10.7. The number of hydrogen-bond donors (Lipinski definition) is 1. The number of thiazole rings is 1. The molecule has 1 aromatic heterocycles. The van der Waals surface area contributed by atoms with Crippen LogP contribution in [0.1, 0.15) is 55.9 Å². The fourth-order valence-corrected chi connectivity index (χ4v) is 4.07. The van der Waals surface area contributed by atoms with Crippen molar-refractivity contribution in [2.45, 2.75) is 59.8 Å². The number of anilines is 1. The lowest BCUT2D eigenvalue weighted by Crippen LogP contribution is -2.13. The van der Waals surface area contributed by atoms with Gasteiger partial charge in [0.25, 0.3) is 0 Å². The van der Waals surface area contributed by atoms with Crippen molar-refractivity contribution in [1.29, 1.82) is 0 Å². The van der Waals surface area contributed by atoms with E-state index in [0.29, 0.717) is 24.6 Å². The standard InChI is InChI=1S/C26H32N2O2S/c1-17-14-19(3)22(15-18(17)2)23-16-31-25(27-23)28-24(29)8-7-13-30-21-11-9-20(10-12-21)26(4,5)6/h9-12,14-16H,7-8,13H2,1-6H3,(H,27,28,29). The van der Waals surface area contributed by atoms with E-state index in [1.165, 1.54) is 33.6 Å². The number of hydrogen-bond acceptors (Lipinski definition) is 4. The third kappa shape index (κ3) is 6.17. The molecule has 0 unspecified atom stereocenters. The summed E-state index contributed by atoms with van der Waals surface area (Å²) in [5, 5.41) is 5.55. The Bertz CT molecular complexity index is 1050. The summed E-state index contributed by atoms with van der Waals surface area (Å²) >= 11 is 1.46. The van der Waals surface area contributed by atoms with Gasteiger partial charge < -0.3 is 10.1 Å². The Morgan fingerprint density at radius 2 is 1.71 bits per heavy atom. The molecule has 0 fully saturated rings. The van der Waals surface area contributed by atoms with Crippen LogP contribution in [0.4, 0.5) is 5.13 Å². The molecule has 0 saturated carbocycles. The van der Waals surface area contributed by atoms with Crippen molar-refractivity contribution in [3.8, 4) is 17.0 Å². The minimum atomic E-state index is -0.0376. The molecule has 0 atom stereocenters. The zero-order valence-electron chi connectivity index (χ0n) is 19.3. The molecule has 4 nitrogen and oxygen atoms in total. The van der Waals surface area contributed by atoms with Crippen LogP contribution in [0.15, 0.2) is 41.8 Å². The maximum Gasteiger partial charge on any atom is 0.226 e. The largest absolute Gasteiger partial charge is 0.494 e. The predicted molar refractivity (Wildman–Crippen MR) is 130 cm³/mol. The van der Waals surface area contributed by atoms with Crippen LogP contribution < -0.4 is 10.1 Å². The highest BCUT2D eigenvalue weighted by Crippen LogP contribution is 2.29. The van der Waals surface area contributed by atoms with Crippen molar-refractivity contribution in [1.82, 2.24) is 4.98 Å². The van der Waals surface area contributed by atoms with Crippen LogP contribution in [0.2, 0.25) is 0 Å². The smallest absolute Gasteiger partial charge is 0.226 e. The second-order valence-corrected chi connectivity index (χ2v) is 9.92. The van der Waals surface area contributed by atoms with Crippen molar-refractivity contribution in [2.75, 3.05) is 11.9 Å². The number of amides is 1. The van der Waals surface area contributed by atoms with E-state index in [1.807, 2.05) is 17.5 Å². The Labute approximate surface area is 189 Å². The van der Waals surface area contributed by atoms with Crippen molar-refractivity contribution in [2.24, 2.45) is 0 Å². The van der Waals surface area contributed by atoms with Crippen LogP contribution in [-0.4, -0.2) is 17.5 Å². The molecule has 0 aliphatic rings. The maximum absolute atomic E-state index is 12.3. The molecule has 0 spiro atoms. The monoisotopic (exact) mass is 436 g/mol. The summed E-state index contributed by atoms with van der Waals surface area (Å²) in [6.07, 6.45) is 1.05. The summed E-state index contributed by atoms with van der Waals surface area (Å²) in [4.78, 5) is 16.9. The molecule has 164 valence electrons. The first-order chi connectivity index (χ1) is 14.6. The lowest BCUT2D eigenvalue weighted by Gasteiger charge is -2.19. The number of benzene rings is 2. The van der Waals surface area contributed by atoms with E-state index in [-0.39, 0.29) is 11.3 Å². The summed E-state index contributed by atoms with van der Waals surface area (Å²) in [5.41, 5.74) is 7.14. The number of rotatable bonds is 7. The third-order valence-electron chi connectivity index (χ3n) is 5.40. The van der Waals surface area contributed by atoms with E-state index >= 15 is 0 Å². The first-order valence-corrected chi connectivity index (χ1v) is 11.6. The Kier molecular flexibility index (Phi) is 7.16. The number of nitrogens with one attached hydrogen (secondary N) is 1. The van der Waals surface area contributed by atoms with E-state index in [2.05, 4.69) is 76.1 Å². The van der Waals surface area contributed by atoms with E-state index in [9.17, 15) is 4.79 Å². The first kappa shape index (κ1) is 23.0. The SMILES string of the molecule is Cc1cc(C)c(-c2csc(NC(=O)CCCOc3ccc(C(C)(C)C)cc3)n2)cc1C. The molecule has 0 aliphatic carbocycles. The van der Waals surface area contributed by atoms with Crippen LogP contribution >= 0.6 is 11.3 Å². The highest BCUT2D eigenvalue weighted by atomic mass is 32.1. The van der Waals surface area contributed by atoms with Gasteiger partial charge in [0.2, 0.25) is 5.91 Å². The average molecular weight is 437 g/mol. The third-order valence-corrected chi connectivity index (χ3v) is 6.16. The van der Waals surface area contributed by atoms with Gasteiger partial charge in [0.1, 0.15) is 5.75 Å². The Hall–Kier alpha value is -2.66. The van der Waals surface area contributed by atoms with Gasteiger partial charge in [-0.25, -0.2) is 4.98 Å². The quantitative estimate of drug-likeness (QED) is 0.413. The molecule has 2 aromatic carbocycles. The van der Waals surface area contributed by atoms with Gasteiger partial charge in [-0.3, -0.25) is 4.79 Å². The normalized spacial score (nSPS) is 11.4. The molecule has 0 radical (unpaired) electrons. The van der Waals surface area contributed by atoms with Gasteiger partial charge in [0.15, 0.2) is 5.13 Å². The van der Waals surface area contributed by atoms with Crippen LogP contribution in [0, 0.1) is 20.8 Å². The van der Waals surface area contributed by atoms with Crippen LogP contribution in [0.3, 0.4) is 0 Å². The Morgan fingerprint density at radius 1 is 1.03 bits per heavy atom. The number of aryl methyl sites for hydroxylation is 3. The second kappa shape index (κ2) is 9.65.